The van der Waals surface area contributed by atoms with Gasteiger partial charge in [-0.2, -0.15) is 0 Å². The van der Waals surface area contributed by atoms with Gasteiger partial charge < -0.3 is 9.84 Å². The molecule has 3 nitrogen and oxygen atoms in total. The van der Waals surface area contributed by atoms with Gasteiger partial charge in [0.05, 0.1) is 4.47 Å². The van der Waals surface area contributed by atoms with Crippen molar-refractivity contribution in [1.82, 2.24) is 0 Å². The summed E-state index contributed by atoms with van der Waals surface area (Å²) in [6, 6.07) is 12.4. The molecular weight excluding hydrogens is 315 g/mol. The first-order chi connectivity index (χ1) is 9.08. The van der Waals surface area contributed by atoms with E-state index in [4.69, 9.17) is 4.74 Å². The lowest BCUT2D eigenvalue weighted by molar-refractivity contribution is -0.145. The summed E-state index contributed by atoms with van der Waals surface area (Å²) < 4.78 is 18.8. The molecule has 0 heterocycles. The first kappa shape index (κ1) is 13.5. The van der Waals surface area contributed by atoms with Crippen molar-refractivity contribution >= 4 is 21.9 Å². The summed E-state index contributed by atoms with van der Waals surface area (Å²) in [5, 5.41) is 9.22. The van der Waals surface area contributed by atoms with Crippen LogP contribution in [0.2, 0.25) is 0 Å². The Morgan fingerprint density at radius 3 is 2.47 bits per heavy atom. The Hall–Kier alpha value is -1.88. The molecule has 1 N–H and O–H groups in total. The molecule has 0 spiro atoms. The summed E-state index contributed by atoms with van der Waals surface area (Å²) in [4.78, 5) is 11.3. The first-order valence-corrected chi connectivity index (χ1v) is 6.26. The van der Waals surface area contributed by atoms with Gasteiger partial charge in [0.15, 0.2) is 0 Å². The molecule has 0 radical (unpaired) electrons. The second-order valence-electron chi connectivity index (χ2n) is 3.82. The van der Waals surface area contributed by atoms with Gasteiger partial charge in [-0.3, -0.25) is 0 Å². The Balaban J connectivity index is 2.29. The zero-order valence-corrected chi connectivity index (χ0v) is 11.3. The standard InChI is InChI=1S/C14H10BrFO3/c15-11-8-10(16)6-7-12(11)19-13(14(17)18)9-4-2-1-3-5-9/h1-8,13H,(H,17,18). The van der Waals surface area contributed by atoms with Gasteiger partial charge in [0.2, 0.25) is 6.10 Å². The van der Waals surface area contributed by atoms with E-state index in [0.29, 0.717) is 10.0 Å². The van der Waals surface area contributed by atoms with E-state index >= 15 is 0 Å². The maximum atomic E-state index is 13.0. The minimum atomic E-state index is -1.14. The number of carboxylic acids is 1. The minimum Gasteiger partial charge on any atom is -0.478 e. The third-order valence-electron chi connectivity index (χ3n) is 2.47. The fourth-order valence-corrected chi connectivity index (χ4v) is 2.03. The molecule has 2 aromatic carbocycles. The molecule has 5 heteroatoms. The normalized spacial score (nSPS) is 11.9. The third kappa shape index (κ3) is 3.32. The Morgan fingerprint density at radius 1 is 1.21 bits per heavy atom. The molecule has 0 aliphatic carbocycles. The van der Waals surface area contributed by atoms with E-state index in [-0.39, 0.29) is 5.75 Å². The van der Waals surface area contributed by atoms with Crippen molar-refractivity contribution in [3.05, 3.63) is 64.4 Å². The van der Waals surface area contributed by atoms with Crippen LogP contribution in [0.4, 0.5) is 4.39 Å². The second kappa shape index (κ2) is 5.84. The summed E-state index contributed by atoms with van der Waals surface area (Å²) in [5.74, 6) is -1.26. The summed E-state index contributed by atoms with van der Waals surface area (Å²) in [7, 11) is 0. The predicted molar refractivity (Wildman–Crippen MR) is 71.5 cm³/mol. The van der Waals surface area contributed by atoms with Crippen molar-refractivity contribution in [3.8, 4) is 5.75 Å². The van der Waals surface area contributed by atoms with Crippen LogP contribution in [0.25, 0.3) is 0 Å². The van der Waals surface area contributed by atoms with Crippen molar-refractivity contribution in [1.29, 1.82) is 0 Å². The van der Waals surface area contributed by atoms with Crippen molar-refractivity contribution in [2.45, 2.75) is 6.10 Å². The number of aliphatic carboxylic acids is 1. The van der Waals surface area contributed by atoms with Gasteiger partial charge in [-0.05, 0) is 34.1 Å². The van der Waals surface area contributed by atoms with Gasteiger partial charge in [0, 0.05) is 5.56 Å². The highest BCUT2D eigenvalue weighted by Gasteiger charge is 2.22. The van der Waals surface area contributed by atoms with Gasteiger partial charge in [-0.1, -0.05) is 30.3 Å². The molecule has 2 aromatic rings. The summed E-state index contributed by atoms with van der Waals surface area (Å²) in [6.07, 6.45) is -1.14. The molecule has 98 valence electrons. The Kier molecular flexibility index (Phi) is 4.16. The average Bonchev–Trinajstić information content (AvgIpc) is 2.38. The third-order valence-corrected chi connectivity index (χ3v) is 3.09. The lowest BCUT2D eigenvalue weighted by Gasteiger charge is -2.16. The van der Waals surface area contributed by atoms with E-state index in [1.807, 2.05) is 0 Å². The summed E-state index contributed by atoms with van der Waals surface area (Å²) in [5.41, 5.74) is 0.520. The molecule has 0 saturated carbocycles. The van der Waals surface area contributed by atoms with Gasteiger partial charge >= 0.3 is 5.97 Å². The van der Waals surface area contributed by atoms with E-state index in [1.54, 1.807) is 30.3 Å². The number of benzene rings is 2. The molecule has 1 unspecified atom stereocenters. The molecule has 2 rings (SSSR count). The van der Waals surface area contributed by atoms with E-state index < -0.39 is 17.9 Å². The fourth-order valence-electron chi connectivity index (χ4n) is 1.59. The van der Waals surface area contributed by atoms with Crippen LogP contribution >= 0.6 is 15.9 Å². The lowest BCUT2D eigenvalue weighted by atomic mass is 10.1. The number of carboxylic acid groups (broad SMARTS) is 1. The Labute approximate surface area is 117 Å². The van der Waals surface area contributed by atoms with Gasteiger partial charge in [0.1, 0.15) is 11.6 Å². The summed E-state index contributed by atoms with van der Waals surface area (Å²) in [6.45, 7) is 0. The van der Waals surface area contributed by atoms with Crippen LogP contribution in [0.5, 0.6) is 5.75 Å². The van der Waals surface area contributed by atoms with Crippen molar-refractivity contribution in [3.63, 3.8) is 0 Å². The van der Waals surface area contributed by atoms with E-state index in [2.05, 4.69) is 15.9 Å². The van der Waals surface area contributed by atoms with E-state index in [9.17, 15) is 14.3 Å². The second-order valence-corrected chi connectivity index (χ2v) is 4.68. The zero-order valence-electron chi connectivity index (χ0n) is 9.72. The van der Waals surface area contributed by atoms with Crippen LogP contribution in [0.15, 0.2) is 53.0 Å². The molecular formula is C14H10BrFO3. The molecule has 0 saturated heterocycles. The molecule has 0 aliphatic rings. The smallest absolute Gasteiger partial charge is 0.349 e. The van der Waals surface area contributed by atoms with Crippen LogP contribution in [0.3, 0.4) is 0 Å². The minimum absolute atomic E-state index is 0.276. The number of carbonyl (C=O) groups is 1. The number of hydrogen-bond acceptors (Lipinski definition) is 2. The summed E-state index contributed by atoms with van der Waals surface area (Å²) >= 11 is 3.14. The quantitative estimate of drug-likeness (QED) is 0.930. The van der Waals surface area contributed by atoms with Gasteiger partial charge in [-0.25, -0.2) is 9.18 Å². The fraction of sp³-hybridized carbons (Fsp3) is 0.0714. The highest BCUT2D eigenvalue weighted by molar-refractivity contribution is 9.10. The highest BCUT2D eigenvalue weighted by atomic mass is 79.9. The SMILES string of the molecule is O=C(O)C(Oc1ccc(F)cc1Br)c1ccccc1. The number of ether oxygens (including phenoxy) is 1. The number of rotatable bonds is 4. The molecule has 0 aliphatic heterocycles. The molecule has 0 aromatic heterocycles. The van der Waals surface area contributed by atoms with Crippen LogP contribution in [0.1, 0.15) is 11.7 Å². The number of halogens is 2. The van der Waals surface area contributed by atoms with Crippen molar-refractivity contribution < 1.29 is 19.0 Å². The van der Waals surface area contributed by atoms with Gasteiger partial charge in [-0.15, -0.1) is 0 Å². The largest absolute Gasteiger partial charge is 0.478 e. The Morgan fingerprint density at radius 2 is 1.89 bits per heavy atom. The monoisotopic (exact) mass is 324 g/mol. The molecule has 0 fully saturated rings. The first-order valence-electron chi connectivity index (χ1n) is 5.47. The Bertz CT molecular complexity index is 586. The maximum absolute atomic E-state index is 13.0. The van der Waals surface area contributed by atoms with Crippen molar-refractivity contribution in [2.75, 3.05) is 0 Å². The van der Waals surface area contributed by atoms with Gasteiger partial charge in [0.25, 0.3) is 0 Å². The molecule has 0 bridgehead atoms. The van der Waals surface area contributed by atoms with Crippen LogP contribution in [-0.4, -0.2) is 11.1 Å². The maximum Gasteiger partial charge on any atom is 0.349 e. The number of hydrogen-bond donors (Lipinski definition) is 1. The van der Waals surface area contributed by atoms with Crippen LogP contribution in [-0.2, 0) is 4.79 Å². The predicted octanol–water partition coefficient (Wildman–Crippen LogP) is 3.79. The lowest BCUT2D eigenvalue weighted by Crippen LogP contribution is -2.18. The van der Waals surface area contributed by atoms with E-state index in [1.165, 1.54) is 18.2 Å². The van der Waals surface area contributed by atoms with E-state index in [0.717, 1.165) is 0 Å². The topological polar surface area (TPSA) is 46.5 Å². The zero-order chi connectivity index (χ0) is 13.8. The highest BCUT2D eigenvalue weighted by Crippen LogP contribution is 2.30. The van der Waals surface area contributed by atoms with Crippen LogP contribution in [0, 0.1) is 5.82 Å². The molecule has 0 amide bonds. The van der Waals surface area contributed by atoms with Crippen LogP contribution < -0.4 is 4.74 Å². The average molecular weight is 325 g/mol. The molecule has 1 atom stereocenters. The molecule has 19 heavy (non-hydrogen) atoms. The van der Waals surface area contributed by atoms with Crippen molar-refractivity contribution in [2.24, 2.45) is 0 Å².